The first-order chi connectivity index (χ1) is 9.35. The molecular formula is C16H27BrN2O. The third-order valence-corrected chi connectivity index (χ3v) is 3.94. The number of halogens is 1. The van der Waals surface area contributed by atoms with E-state index in [1.54, 1.807) is 0 Å². The third-order valence-electron chi connectivity index (χ3n) is 3.41. The van der Waals surface area contributed by atoms with E-state index in [0.717, 1.165) is 24.0 Å². The van der Waals surface area contributed by atoms with Gasteiger partial charge in [0, 0.05) is 23.6 Å². The van der Waals surface area contributed by atoms with E-state index in [-0.39, 0.29) is 0 Å². The molecule has 3 nitrogen and oxygen atoms in total. The highest BCUT2D eigenvalue weighted by Crippen LogP contribution is 2.20. The van der Waals surface area contributed by atoms with E-state index in [4.69, 9.17) is 0 Å². The van der Waals surface area contributed by atoms with Crippen molar-refractivity contribution in [1.82, 2.24) is 10.2 Å². The van der Waals surface area contributed by atoms with Gasteiger partial charge in [0.2, 0.25) is 0 Å². The molecule has 0 saturated carbocycles. The summed E-state index contributed by atoms with van der Waals surface area (Å²) in [6.07, 6.45) is 1.03. The van der Waals surface area contributed by atoms with Crippen molar-refractivity contribution < 1.29 is 5.11 Å². The smallest absolute Gasteiger partial charge is 0.0718 e. The normalized spacial score (nSPS) is 13.8. The van der Waals surface area contributed by atoms with E-state index in [1.165, 1.54) is 5.56 Å². The second-order valence-corrected chi connectivity index (χ2v) is 6.78. The predicted octanol–water partition coefficient (Wildman–Crippen LogP) is 3.19. The molecule has 20 heavy (non-hydrogen) atoms. The topological polar surface area (TPSA) is 35.5 Å². The molecule has 1 aromatic rings. The summed E-state index contributed by atoms with van der Waals surface area (Å²) in [6, 6.07) is 8.80. The fraction of sp³-hybridized carbons (Fsp3) is 0.625. The molecule has 2 N–H and O–H groups in total. The third kappa shape index (κ3) is 6.35. The number of nitrogens with one attached hydrogen (secondary N) is 1. The quantitative estimate of drug-likeness (QED) is 0.761. The zero-order chi connectivity index (χ0) is 15.2. The number of likely N-dealkylation sites (N-methyl/N-ethyl adjacent to an activating group) is 1. The molecular weight excluding hydrogens is 316 g/mol. The summed E-state index contributed by atoms with van der Waals surface area (Å²) in [4.78, 5) is 2.29. The minimum atomic E-state index is -0.636. The van der Waals surface area contributed by atoms with Crippen LogP contribution in [0.4, 0.5) is 0 Å². The van der Waals surface area contributed by atoms with Gasteiger partial charge in [-0.3, -0.25) is 0 Å². The van der Waals surface area contributed by atoms with Gasteiger partial charge in [-0.2, -0.15) is 0 Å². The van der Waals surface area contributed by atoms with E-state index < -0.39 is 5.60 Å². The maximum Gasteiger partial charge on any atom is 0.0718 e. The molecule has 0 aliphatic carbocycles. The molecule has 0 aliphatic rings. The Hall–Kier alpha value is -0.420. The lowest BCUT2D eigenvalue weighted by molar-refractivity contribution is 0.0367. The van der Waals surface area contributed by atoms with Crippen molar-refractivity contribution in [3.05, 3.63) is 34.3 Å². The Kier molecular flexibility index (Phi) is 7.17. The van der Waals surface area contributed by atoms with Crippen molar-refractivity contribution in [2.45, 2.75) is 38.8 Å². The number of aliphatic hydroxyl groups is 1. The molecule has 4 heteroatoms. The highest BCUT2D eigenvalue weighted by atomic mass is 79.9. The molecule has 0 amide bonds. The molecule has 1 rings (SSSR count). The monoisotopic (exact) mass is 342 g/mol. The molecule has 0 bridgehead atoms. The summed E-state index contributed by atoms with van der Waals surface area (Å²) in [7, 11) is 2.00. The van der Waals surface area contributed by atoms with Crippen LogP contribution in [-0.2, 0) is 0 Å². The highest BCUT2D eigenvalue weighted by Gasteiger charge is 2.18. The Labute approximate surface area is 131 Å². The van der Waals surface area contributed by atoms with Crippen molar-refractivity contribution >= 4 is 15.9 Å². The molecule has 0 radical (unpaired) electrons. The number of hydrogen-bond acceptors (Lipinski definition) is 3. The first kappa shape index (κ1) is 17.6. The number of hydrogen-bond donors (Lipinski definition) is 2. The lowest BCUT2D eigenvalue weighted by Crippen LogP contribution is -2.39. The number of nitrogens with zero attached hydrogens (tertiary/aromatic N) is 1. The first-order valence-electron chi connectivity index (χ1n) is 7.23. The zero-order valence-electron chi connectivity index (χ0n) is 13.0. The zero-order valence-corrected chi connectivity index (χ0v) is 14.6. The maximum atomic E-state index is 9.93. The van der Waals surface area contributed by atoms with E-state index >= 15 is 0 Å². The SMILES string of the molecule is CCN(CCC(NC)c1ccc(Br)cc1)CC(C)(C)O. The van der Waals surface area contributed by atoms with E-state index in [9.17, 15) is 5.11 Å². The summed E-state index contributed by atoms with van der Waals surface area (Å²) < 4.78 is 1.10. The van der Waals surface area contributed by atoms with Gasteiger partial charge in [-0.05, 0) is 51.6 Å². The van der Waals surface area contributed by atoms with Gasteiger partial charge in [-0.15, -0.1) is 0 Å². The lowest BCUT2D eigenvalue weighted by atomic mass is 10.0. The fourth-order valence-corrected chi connectivity index (χ4v) is 2.64. The highest BCUT2D eigenvalue weighted by molar-refractivity contribution is 9.10. The molecule has 0 saturated heterocycles. The van der Waals surface area contributed by atoms with Gasteiger partial charge in [-0.1, -0.05) is 35.0 Å². The Morgan fingerprint density at radius 3 is 2.35 bits per heavy atom. The van der Waals surface area contributed by atoms with Crippen LogP contribution in [0.1, 0.15) is 38.8 Å². The van der Waals surface area contributed by atoms with Crippen molar-refractivity contribution in [1.29, 1.82) is 0 Å². The molecule has 0 aromatic heterocycles. The molecule has 1 atom stereocenters. The standard InChI is InChI=1S/C16H27BrN2O/c1-5-19(12-16(2,3)20)11-10-15(18-4)13-6-8-14(17)9-7-13/h6-9,15,18,20H,5,10-12H2,1-4H3. The average Bonchev–Trinajstić information content (AvgIpc) is 2.38. The molecule has 0 aliphatic heterocycles. The summed E-state index contributed by atoms with van der Waals surface area (Å²) in [6.45, 7) is 8.50. The van der Waals surface area contributed by atoms with Gasteiger partial charge in [-0.25, -0.2) is 0 Å². The van der Waals surface area contributed by atoms with Gasteiger partial charge >= 0.3 is 0 Å². The van der Waals surface area contributed by atoms with E-state index in [2.05, 4.69) is 57.3 Å². The van der Waals surface area contributed by atoms with Crippen LogP contribution >= 0.6 is 15.9 Å². The average molecular weight is 343 g/mol. The van der Waals surface area contributed by atoms with Gasteiger partial charge in [0.05, 0.1) is 5.60 Å². The van der Waals surface area contributed by atoms with E-state index in [0.29, 0.717) is 12.6 Å². The second kappa shape index (κ2) is 8.13. The van der Waals surface area contributed by atoms with Crippen LogP contribution in [-0.4, -0.2) is 42.3 Å². The molecule has 114 valence electrons. The van der Waals surface area contributed by atoms with Gasteiger partial charge in [0.1, 0.15) is 0 Å². The maximum absolute atomic E-state index is 9.93. The van der Waals surface area contributed by atoms with Crippen molar-refractivity contribution in [2.24, 2.45) is 0 Å². The molecule has 0 spiro atoms. The Bertz CT molecular complexity index is 386. The minimum Gasteiger partial charge on any atom is -0.389 e. The Morgan fingerprint density at radius 2 is 1.90 bits per heavy atom. The van der Waals surface area contributed by atoms with Gasteiger partial charge in [0.25, 0.3) is 0 Å². The number of benzene rings is 1. The predicted molar refractivity (Wildman–Crippen MR) is 89.0 cm³/mol. The molecule has 1 aromatic carbocycles. The van der Waals surface area contributed by atoms with Crippen LogP contribution in [0.5, 0.6) is 0 Å². The van der Waals surface area contributed by atoms with Crippen LogP contribution in [0.3, 0.4) is 0 Å². The second-order valence-electron chi connectivity index (χ2n) is 5.86. The molecule has 0 heterocycles. The van der Waals surface area contributed by atoms with Crippen LogP contribution in [0.2, 0.25) is 0 Å². The van der Waals surface area contributed by atoms with Crippen LogP contribution in [0, 0.1) is 0 Å². The molecule has 0 fully saturated rings. The lowest BCUT2D eigenvalue weighted by Gasteiger charge is -2.29. The Balaban J connectivity index is 2.58. The summed E-state index contributed by atoms with van der Waals surface area (Å²) in [5, 5.41) is 13.3. The fourth-order valence-electron chi connectivity index (χ4n) is 2.38. The summed E-state index contributed by atoms with van der Waals surface area (Å²) in [5.41, 5.74) is 0.665. The summed E-state index contributed by atoms with van der Waals surface area (Å²) >= 11 is 3.47. The van der Waals surface area contributed by atoms with Gasteiger partial charge in [0.15, 0.2) is 0 Å². The molecule has 1 unspecified atom stereocenters. The number of rotatable bonds is 8. The van der Waals surface area contributed by atoms with Crippen molar-refractivity contribution in [3.63, 3.8) is 0 Å². The van der Waals surface area contributed by atoms with Crippen LogP contribution in [0.15, 0.2) is 28.7 Å². The van der Waals surface area contributed by atoms with Crippen molar-refractivity contribution in [3.8, 4) is 0 Å². The Morgan fingerprint density at radius 1 is 1.30 bits per heavy atom. The summed E-state index contributed by atoms with van der Waals surface area (Å²) in [5.74, 6) is 0. The van der Waals surface area contributed by atoms with Crippen molar-refractivity contribution in [2.75, 3.05) is 26.7 Å². The first-order valence-corrected chi connectivity index (χ1v) is 8.02. The minimum absolute atomic E-state index is 0.346. The van der Waals surface area contributed by atoms with Gasteiger partial charge < -0.3 is 15.3 Å². The van der Waals surface area contributed by atoms with E-state index in [1.807, 2.05) is 20.9 Å². The van der Waals surface area contributed by atoms with Crippen LogP contribution in [0.25, 0.3) is 0 Å². The van der Waals surface area contributed by atoms with Crippen LogP contribution < -0.4 is 5.32 Å². The largest absolute Gasteiger partial charge is 0.389 e.